The minimum atomic E-state index is 0.649. The molecule has 0 fully saturated rings. The Hall–Kier alpha value is -6.30. The van der Waals surface area contributed by atoms with Gasteiger partial charge in [0, 0.05) is 37.0 Å². The van der Waals surface area contributed by atoms with Gasteiger partial charge in [0.25, 0.3) is 0 Å². The van der Waals surface area contributed by atoms with Crippen LogP contribution in [0, 0.1) is 0 Å². The number of hydrogen-bond acceptors (Lipinski definition) is 3. The van der Waals surface area contributed by atoms with Gasteiger partial charge in [-0.3, -0.25) is 4.57 Å². The third-order valence-corrected chi connectivity index (χ3v) is 10.9. The molecule has 0 saturated heterocycles. The summed E-state index contributed by atoms with van der Waals surface area (Å²) in [5.41, 5.74) is 9.06. The number of nitrogens with zero attached hydrogens (tertiary/aromatic N) is 3. The van der Waals surface area contributed by atoms with Crippen molar-refractivity contribution in [2.75, 3.05) is 0 Å². The first-order chi connectivity index (χ1) is 25.2. The predicted octanol–water partition coefficient (Wildman–Crippen LogP) is 13.0. The molecular weight excluding hydrogens is 690 g/mol. The van der Waals surface area contributed by atoms with Gasteiger partial charge < -0.3 is 4.42 Å². The topological polar surface area (TPSA) is 43.9 Å². The number of furan rings is 1. The third kappa shape index (κ3) is 4.25. The van der Waals surface area contributed by atoms with E-state index in [0.717, 1.165) is 76.1 Å². The molecular formula is C46H26BrN3O. The summed E-state index contributed by atoms with van der Waals surface area (Å²) in [6, 6.07) is 55.7. The van der Waals surface area contributed by atoms with Crippen molar-refractivity contribution in [3.05, 3.63) is 162 Å². The summed E-state index contributed by atoms with van der Waals surface area (Å²) in [6.07, 6.45) is 0. The number of hydrogen-bond donors (Lipinski definition) is 0. The fraction of sp³-hybridized carbons (Fsp3) is 0. The second-order valence-corrected chi connectivity index (χ2v) is 13.9. The molecule has 0 bridgehead atoms. The van der Waals surface area contributed by atoms with Crippen LogP contribution in [0.25, 0.3) is 105 Å². The highest BCUT2D eigenvalue weighted by Crippen LogP contribution is 2.41. The lowest BCUT2D eigenvalue weighted by Crippen LogP contribution is -2.03. The van der Waals surface area contributed by atoms with E-state index in [1.807, 2.05) is 12.1 Å². The molecule has 0 aliphatic rings. The SMILES string of the molecule is Brc1cccc2oc3ccc(-c4ccc5c(c4)c4c6ccccc6ccc4n5-c4nc(-c5cccc6ccccc56)c5ccccc5n4)cc3c12. The highest BCUT2D eigenvalue weighted by Gasteiger charge is 2.20. The zero-order chi connectivity index (χ0) is 33.6. The van der Waals surface area contributed by atoms with Crippen LogP contribution >= 0.6 is 15.9 Å². The fourth-order valence-electron chi connectivity index (χ4n) is 7.95. The molecule has 0 N–H and O–H groups in total. The molecule has 0 unspecified atom stereocenters. The molecule has 0 amide bonds. The zero-order valence-electron chi connectivity index (χ0n) is 27.1. The number of rotatable bonds is 3. The standard InChI is InChI=1S/C46H26BrN3O/c47-37-16-8-18-42-44(37)36-26-30(21-24-41(36)51-42)29-20-22-39-35(25-29)43-32-13-4-2-10-28(32)19-23-40(43)50(39)46-48-38-17-6-5-14-34(38)45(49-46)33-15-7-11-27-9-1-3-12-31(27)33/h1-26H. The van der Waals surface area contributed by atoms with Crippen LogP contribution in [0.3, 0.4) is 0 Å². The largest absolute Gasteiger partial charge is 0.456 e. The van der Waals surface area contributed by atoms with Gasteiger partial charge in [0.15, 0.2) is 0 Å². The van der Waals surface area contributed by atoms with Crippen molar-refractivity contribution in [1.82, 2.24) is 14.5 Å². The Morgan fingerprint density at radius 3 is 2.04 bits per heavy atom. The first kappa shape index (κ1) is 28.5. The Bertz CT molecular complexity index is 3220. The molecule has 3 heterocycles. The van der Waals surface area contributed by atoms with Crippen molar-refractivity contribution in [3.63, 3.8) is 0 Å². The van der Waals surface area contributed by atoms with Gasteiger partial charge in [0.1, 0.15) is 11.2 Å². The summed E-state index contributed by atoms with van der Waals surface area (Å²) in [6.45, 7) is 0. The second-order valence-electron chi connectivity index (χ2n) is 13.1. The van der Waals surface area contributed by atoms with Crippen LogP contribution < -0.4 is 0 Å². The van der Waals surface area contributed by atoms with E-state index in [-0.39, 0.29) is 0 Å². The van der Waals surface area contributed by atoms with Gasteiger partial charge in [-0.05, 0) is 81.2 Å². The van der Waals surface area contributed by atoms with Crippen molar-refractivity contribution >= 4 is 92.1 Å². The molecule has 0 spiro atoms. The molecule has 11 rings (SSSR count). The minimum absolute atomic E-state index is 0.649. The van der Waals surface area contributed by atoms with Gasteiger partial charge in [-0.25, -0.2) is 9.97 Å². The van der Waals surface area contributed by atoms with Crippen LogP contribution in [0.15, 0.2) is 167 Å². The average Bonchev–Trinajstić information content (AvgIpc) is 3.73. The van der Waals surface area contributed by atoms with Crippen molar-refractivity contribution in [1.29, 1.82) is 0 Å². The second kappa shape index (κ2) is 10.8. The Morgan fingerprint density at radius 2 is 1.16 bits per heavy atom. The van der Waals surface area contributed by atoms with Crippen molar-refractivity contribution in [3.8, 4) is 28.3 Å². The molecule has 0 aliphatic carbocycles. The van der Waals surface area contributed by atoms with Crippen molar-refractivity contribution in [2.24, 2.45) is 0 Å². The predicted molar refractivity (Wildman–Crippen MR) is 215 cm³/mol. The van der Waals surface area contributed by atoms with Crippen LogP contribution in [-0.4, -0.2) is 14.5 Å². The highest BCUT2D eigenvalue weighted by molar-refractivity contribution is 9.10. The summed E-state index contributed by atoms with van der Waals surface area (Å²) >= 11 is 3.76. The van der Waals surface area contributed by atoms with Gasteiger partial charge in [-0.15, -0.1) is 0 Å². The first-order valence-corrected chi connectivity index (χ1v) is 17.8. The van der Waals surface area contributed by atoms with Crippen molar-refractivity contribution in [2.45, 2.75) is 0 Å². The molecule has 3 aromatic heterocycles. The van der Waals surface area contributed by atoms with E-state index in [1.54, 1.807) is 0 Å². The van der Waals surface area contributed by atoms with Crippen LogP contribution in [-0.2, 0) is 0 Å². The van der Waals surface area contributed by atoms with E-state index in [0.29, 0.717) is 5.95 Å². The Balaban J connectivity index is 1.21. The van der Waals surface area contributed by atoms with Crippen LogP contribution in [0.1, 0.15) is 0 Å². The normalized spacial score (nSPS) is 12.0. The molecule has 0 saturated carbocycles. The van der Waals surface area contributed by atoms with E-state index in [1.165, 1.54) is 26.9 Å². The maximum atomic E-state index is 6.20. The highest BCUT2D eigenvalue weighted by atomic mass is 79.9. The Morgan fingerprint density at radius 1 is 0.471 bits per heavy atom. The van der Waals surface area contributed by atoms with Gasteiger partial charge in [-0.1, -0.05) is 125 Å². The molecule has 8 aromatic carbocycles. The molecule has 0 aliphatic heterocycles. The molecule has 51 heavy (non-hydrogen) atoms. The van der Waals surface area contributed by atoms with Gasteiger partial charge in [-0.2, -0.15) is 0 Å². The summed E-state index contributed by atoms with van der Waals surface area (Å²) in [5, 5.41) is 10.3. The lowest BCUT2D eigenvalue weighted by molar-refractivity contribution is 0.669. The average molecular weight is 717 g/mol. The van der Waals surface area contributed by atoms with Gasteiger partial charge >= 0.3 is 0 Å². The molecule has 0 radical (unpaired) electrons. The Labute approximate surface area is 300 Å². The molecule has 11 aromatic rings. The maximum Gasteiger partial charge on any atom is 0.235 e. The zero-order valence-corrected chi connectivity index (χ0v) is 28.7. The quantitative estimate of drug-likeness (QED) is 0.183. The number of aromatic nitrogens is 3. The number of benzene rings is 8. The smallest absolute Gasteiger partial charge is 0.235 e. The van der Waals surface area contributed by atoms with E-state index < -0.39 is 0 Å². The lowest BCUT2D eigenvalue weighted by atomic mass is 9.99. The molecule has 238 valence electrons. The Kier molecular flexibility index (Phi) is 6.07. The van der Waals surface area contributed by atoms with E-state index in [2.05, 4.69) is 166 Å². The van der Waals surface area contributed by atoms with Crippen LogP contribution in [0.2, 0.25) is 0 Å². The van der Waals surface area contributed by atoms with E-state index >= 15 is 0 Å². The van der Waals surface area contributed by atoms with Crippen molar-refractivity contribution < 1.29 is 4.42 Å². The van der Waals surface area contributed by atoms with E-state index in [4.69, 9.17) is 14.4 Å². The summed E-state index contributed by atoms with van der Waals surface area (Å²) < 4.78 is 9.47. The first-order valence-electron chi connectivity index (χ1n) is 17.0. The summed E-state index contributed by atoms with van der Waals surface area (Å²) in [7, 11) is 0. The van der Waals surface area contributed by atoms with Gasteiger partial charge in [0.2, 0.25) is 5.95 Å². The fourth-order valence-corrected chi connectivity index (χ4v) is 8.51. The summed E-state index contributed by atoms with van der Waals surface area (Å²) in [5.74, 6) is 0.649. The number of halogens is 1. The third-order valence-electron chi connectivity index (χ3n) is 10.3. The summed E-state index contributed by atoms with van der Waals surface area (Å²) in [4.78, 5) is 10.7. The molecule has 4 nitrogen and oxygen atoms in total. The minimum Gasteiger partial charge on any atom is -0.456 e. The van der Waals surface area contributed by atoms with Crippen LogP contribution in [0.4, 0.5) is 0 Å². The monoisotopic (exact) mass is 715 g/mol. The molecule has 5 heteroatoms. The maximum absolute atomic E-state index is 6.20. The lowest BCUT2D eigenvalue weighted by Gasteiger charge is -2.13. The van der Waals surface area contributed by atoms with E-state index in [9.17, 15) is 0 Å². The number of fused-ring (bicyclic) bond motifs is 10. The number of para-hydroxylation sites is 1. The van der Waals surface area contributed by atoms with Gasteiger partial charge in [0.05, 0.1) is 22.2 Å². The molecule has 0 atom stereocenters. The van der Waals surface area contributed by atoms with Crippen LogP contribution in [0.5, 0.6) is 0 Å².